The van der Waals surface area contributed by atoms with Gasteiger partial charge in [0.05, 0.1) is 11.4 Å². The van der Waals surface area contributed by atoms with E-state index in [2.05, 4.69) is 26.9 Å². The van der Waals surface area contributed by atoms with Crippen molar-refractivity contribution in [1.82, 2.24) is 20.2 Å². The van der Waals surface area contributed by atoms with Crippen LogP contribution in [0.1, 0.15) is 32.1 Å². The molecule has 0 unspecified atom stereocenters. The lowest BCUT2D eigenvalue weighted by Crippen LogP contribution is -2.18. The van der Waals surface area contributed by atoms with Gasteiger partial charge in [-0.25, -0.2) is 0 Å². The van der Waals surface area contributed by atoms with E-state index >= 15 is 0 Å². The molecule has 0 bridgehead atoms. The largest absolute Gasteiger partial charge is 0.383 e. The van der Waals surface area contributed by atoms with Crippen LogP contribution in [0.3, 0.4) is 0 Å². The summed E-state index contributed by atoms with van der Waals surface area (Å²) in [5, 5.41) is 14.9. The molecule has 1 aromatic carbocycles. The predicted octanol–water partition coefficient (Wildman–Crippen LogP) is 2.65. The lowest BCUT2D eigenvalue weighted by atomic mass is 9.89. The Bertz CT molecular complexity index is 502. The summed E-state index contributed by atoms with van der Waals surface area (Å²) in [6.45, 7) is 1.04. The molecule has 100 valence electrons. The molecule has 1 saturated carbocycles. The number of benzene rings is 1. The van der Waals surface area contributed by atoms with E-state index in [0.717, 1.165) is 23.8 Å². The molecule has 5 heteroatoms. The monoisotopic (exact) mass is 257 g/mol. The molecule has 1 N–H and O–H groups in total. The number of para-hydroxylation sites is 2. The Hall–Kier alpha value is -1.91. The lowest BCUT2D eigenvalue weighted by molar-refractivity contribution is 0.373. The molecule has 3 rings (SSSR count). The van der Waals surface area contributed by atoms with Gasteiger partial charge < -0.3 is 5.32 Å². The SMILES string of the molecule is c1ccc(-n2cnnn2)c(NCC2CCCCC2)c1. The standard InChI is InChI=1S/C14H19N5/c1-2-6-12(7-3-1)10-15-13-8-4-5-9-14(13)19-11-16-17-18-19/h4-5,8-9,11-12,15H,1-3,6-7,10H2. The number of nitrogens with one attached hydrogen (secondary N) is 1. The Morgan fingerprint density at radius 2 is 2.00 bits per heavy atom. The fraction of sp³-hybridized carbons (Fsp3) is 0.500. The summed E-state index contributed by atoms with van der Waals surface area (Å²) in [4.78, 5) is 0. The van der Waals surface area contributed by atoms with Crippen LogP contribution in [0.4, 0.5) is 5.69 Å². The molecule has 5 nitrogen and oxygen atoms in total. The van der Waals surface area contributed by atoms with Crippen molar-refractivity contribution in [3.05, 3.63) is 30.6 Å². The molecule has 0 atom stereocenters. The zero-order chi connectivity index (χ0) is 12.9. The van der Waals surface area contributed by atoms with Gasteiger partial charge in [0.1, 0.15) is 6.33 Å². The summed E-state index contributed by atoms with van der Waals surface area (Å²) >= 11 is 0. The Kier molecular flexibility index (Phi) is 3.72. The van der Waals surface area contributed by atoms with Crippen molar-refractivity contribution in [3.63, 3.8) is 0 Å². The second kappa shape index (κ2) is 5.82. The van der Waals surface area contributed by atoms with Crippen LogP contribution < -0.4 is 5.32 Å². The molecule has 1 aromatic heterocycles. The maximum Gasteiger partial charge on any atom is 0.143 e. The smallest absolute Gasteiger partial charge is 0.143 e. The summed E-state index contributed by atoms with van der Waals surface area (Å²) < 4.78 is 1.70. The molecule has 0 radical (unpaired) electrons. The normalized spacial score (nSPS) is 16.4. The van der Waals surface area contributed by atoms with Crippen LogP contribution in [0, 0.1) is 5.92 Å². The van der Waals surface area contributed by atoms with E-state index in [9.17, 15) is 0 Å². The molecular formula is C14H19N5. The Morgan fingerprint density at radius 3 is 2.79 bits per heavy atom. The van der Waals surface area contributed by atoms with Crippen LogP contribution in [-0.4, -0.2) is 26.8 Å². The highest BCUT2D eigenvalue weighted by Crippen LogP contribution is 2.25. The minimum absolute atomic E-state index is 0.802. The molecular weight excluding hydrogens is 238 g/mol. The van der Waals surface area contributed by atoms with Crippen LogP contribution in [-0.2, 0) is 0 Å². The van der Waals surface area contributed by atoms with E-state index in [1.165, 1.54) is 32.1 Å². The highest BCUT2D eigenvalue weighted by molar-refractivity contribution is 5.60. The maximum atomic E-state index is 3.96. The molecule has 1 aliphatic rings. The lowest BCUT2D eigenvalue weighted by Gasteiger charge is -2.22. The summed E-state index contributed by atoms with van der Waals surface area (Å²) in [6, 6.07) is 8.15. The molecule has 0 amide bonds. The molecule has 0 saturated heterocycles. The highest BCUT2D eigenvalue weighted by atomic mass is 15.5. The third kappa shape index (κ3) is 2.92. The first-order chi connectivity index (χ1) is 9.43. The molecule has 1 aliphatic carbocycles. The average molecular weight is 257 g/mol. The van der Waals surface area contributed by atoms with Crippen molar-refractivity contribution in [3.8, 4) is 5.69 Å². The van der Waals surface area contributed by atoms with Gasteiger partial charge in [-0.3, -0.25) is 0 Å². The van der Waals surface area contributed by atoms with E-state index in [0.29, 0.717) is 0 Å². The second-order valence-corrected chi connectivity index (χ2v) is 5.16. The Morgan fingerprint density at radius 1 is 1.16 bits per heavy atom. The Balaban J connectivity index is 1.70. The number of hydrogen-bond acceptors (Lipinski definition) is 4. The molecule has 0 spiro atoms. The van der Waals surface area contributed by atoms with Crippen molar-refractivity contribution < 1.29 is 0 Å². The van der Waals surface area contributed by atoms with Gasteiger partial charge in [-0.05, 0) is 41.3 Å². The average Bonchev–Trinajstić information content (AvgIpc) is 3.01. The van der Waals surface area contributed by atoms with Crippen molar-refractivity contribution >= 4 is 5.69 Å². The number of anilines is 1. The second-order valence-electron chi connectivity index (χ2n) is 5.16. The molecule has 0 aliphatic heterocycles. The summed E-state index contributed by atoms with van der Waals surface area (Å²) in [7, 11) is 0. The number of aromatic nitrogens is 4. The van der Waals surface area contributed by atoms with E-state index in [-0.39, 0.29) is 0 Å². The van der Waals surface area contributed by atoms with E-state index in [4.69, 9.17) is 0 Å². The van der Waals surface area contributed by atoms with Gasteiger partial charge in [-0.2, -0.15) is 4.68 Å². The zero-order valence-electron chi connectivity index (χ0n) is 11.0. The summed E-state index contributed by atoms with van der Waals surface area (Å²) in [5.74, 6) is 0.802. The van der Waals surface area contributed by atoms with Crippen LogP contribution in [0.5, 0.6) is 0 Å². The highest BCUT2D eigenvalue weighted by Gasteiger charge is 2.14. The first-order valence-corrected chi connectivity index (χ1v) is 7.00. The fourth-order valence-corrected chi connectivity index (χ4v) is 2.74. The minimum atomic E-state index is 0.802. The summed E-state index contributed by atoms with van der Waals surface area (Å²) in [6.07, 6.45) is 8.47. The summed E-state index contributed by atoms with van der Waals surface area (Å²) in [5.41, 5.74) is 2.10. The predicted molar refractivity (Wildman–Crippen MR) is 74.2 cm³/mol. The first-order valence-electron chi connectivity index (χ1n) is 7.00. The van der Waals surface area contributed by atoms with Crippen molar-refractivity contribution in [2.45, 2.75) is 32.1 Å². The molecule has 19 heavy (non-hydrogen) atoms. The molecule has 1 heterocycles. The van der Waals surface area contributed by atoms with Gasteiger partial charge >= 0.3 is 0 Å². The van der Waals surface area contributed by atoms with Crippen molar-refractivity contribution in [1.29, 1.82) is 0 Å². The maximum absolute atomic E-state index is 3.96. The van der Waals surface area contributed by atoms with Crippen molar-refractivity contribution in [2.24, 2.45) is 5.92 Å². The fourth-order valence-electron chi connectivity index (χ4n) is 2.74. The van der Waals surface area contributed by atoms with Crippen LogP contribution in [0.2, 0.25) is 0 Å². The minimum Gasteiger partial charge on any atom is -0.383 e. The van der Waals surface area contributed by atoms with Gasteiger partial charge in [-0.15, -0.1) is 5.10 Å². The van der Waals surface area contributed by atoms with Gasteiger partial charge in [0.15, 0.2) is 0 Å². The number of nitrogens with zero attached hydrogens (tertiary/aromatic N) is 4. The topological polar surface area (TPSA) is 55.6 Å². The van der Waals surface area contributed by atoms with Gasteiger partial charge in [-0.1, -0.05) is 31.4 Å². The zero-order valence-corrected chi connectivity index (χ0v) is 11.0. The third-order valence-corrected chi connectivity index (χ3v) is 3.81. The van der Waals surface area contributed by atoms with Crippen LogP contribution in [0.15, 0.2) is 30.6 Å². The van der Waals surface area contributed by atoms with Crippen LogP contribution in [0.25, 0.3) is 5.69 Å². The Labute approximate surface area is 113 Å². The van der Waals surface area contributed by atoms with Crippen molar-refractivity contribution in [2.75, 3.05) is 11.9 Å². The number of rotatable bonds is 4. The van der Waals surface area contributed by atoms with E-state index in [1.807, 2.05) is 18.2 Å². The van der Waals surface area contributed by atoms with E-state index in [1.54, 1.807) is 11.0 Å². The first kappa shape index (κ1) is 12.1. The van der Waals surface area contributed by atoms with Gasteiger partial charge in [0, 0.05) is 6.54 Å². The quantitative estimate of drug-likeness (QED) is 0.915. The molecule has 1 fully saturated rings. The van der Waals surface area contributed by atoms with Gasteiger partial charge in [0.2, 0.25) is 0 Å². The van der Waals surface area contributed by atoms with E-state index < -0.39 is 0 Å². The number of tetrazole rings is 1. The molecule has 2 aromatic rings. The van der Waals surface area contributed by atoms with Gasteiger partial charge in [0.25, 0.3) is 0 Å². The third-order valence-electron chi connectivity index (χ3n) is 3.81. The number of hydrogen-bond donors (Lipinski definition) is 1. The van der Waals surface area contributed by atoms with Crippen LogP contribution >= 0.6 is 0 Å².